The van der Waals surface area contributed by atoms with Crippen LogP contribution >= 0.6 is 0 Å². The molecule has 2 N–H and O–H groups in total. The number of carbonyl (C=O) groups is 1. The molecule has 2 heterocycles. The van der Waals surface area contributed by atoms with Gasteiger partial charge in [0.2, 0.25) is 0 Å². The van der Waals surface area contributed by atoms with Gasteiger partial charge in [0.1, 0.15) is 5.75 Å². The zero-order chi connectivity index (χ0) is 18.7. The number of aliphatic hydroxyl groups excluding tert-OH is 2. The van der Waals surface area contributed by atoms with Crippen LogP contribution in [0.25, 0.3) is 0 Å². The lowest BCUT2D eigenvalue weighted by atomic mass is 9.78. The van der Waals surface area contributed by atoms with Gasteiger partial charge in [-0.1, -0.05) is 32.0 Å². The SMILES string of the molecule is CC(C)c1ccccc1OCC(=O)N1C[C@@H](O)[C@@H](O)CC12CCOCC2. The Labute approximate surface area is 154 Å². The summed E-state index contributed by atoms with van der Waals surface area (Å²) in [5, 5.41) is 20.2. The highest BCUT2D eigenvalue weighted by molar-refractivity contribution is 5.79. The van der Waals surface area contributed by atoms with E-state index in [4.69, 9.17) is 9.47 Å². The van der Waals surface area contributed by atoms with Crippen molar-refractivity contribution in [3.63, 3.8) is 0 Å². The predicted molar refractivity (Wildman–Crippen MR) is 97.2 cm³/mol. The highest BCUT2D eigenvalue weighted by Gasteiger charge is 2.48. The molecule has 3 rings (SSSR count). The van der Waals surface area contributed by atoms with E-state index in [2.05, 4.69) is 13.8 Å². The summed E-state index contributed by atoms with van der Waals surface area (Å²) >= 11 is 0. The highest BCUT2D eigenvalue weighted by Crippen LogP contribution is 2.37. The maximum Gasteiger partial charge on any atom is 0.261 e. The summed E-state index contributed by atoms with van der Waals surface area (Å²) in [6.07, 6.45) is -0.00250. The molecule has 1 aromatic rings. The minimum absolute atomic E-state index is 0.0743. The van der Waals surface area contributed by atoms with Crippen LogP contribution in [-0.2, 0) is 9.53 Å². The zero-order valence-electron chi connectivity index (χ0n) is 15.6. The first-order valence-corrected chi connectivity index (χ1v) is 9.39. The summed E-state index contributed by atoms with van der Waals surface area (Å²) in [6, 6.07) is 7.74. The number of β-amino-alcohol motifs (C(OH)–C–C–N with tert-alkyl or cyclic N) is 1. The first kappa shape index (κ1) is 19.1. The van der Waals surface area contributed by atoms with Gasteiger partial charge in [0.15, 0.2) is 6.61 Å². The smallest absolute Gasteiger partial charge is 0.261 e. The van der Waals surface area contributed by atoms with Gasteiger partial charge < -0.3 is 24.6 Å². The molecule has 0 unspecified atom stereocenters. The van der Waals surface area contributed by atoms with Gasteiger partial charge in [0.05, 0.1) is 17.7 Å². The molecule has 1 spiro atoms. The first-order valence-electron chi connectivity index (χ1n) is 9.39. The van der Waals surface area contributed by atoms with Gasteiger partial charge in [-0.25, -0.2) is 0 Å². The number of benzene rings is 1. The van der Waals surface area contributed by atoms with E-state index in [1.807, 2.05) is 24.3 Å². The number of carbonyl (C=O) groups excluding carboxylic acids is 1. The van der Waals surface area contributed by atoms with Crippen LogP contribution in [0.1, 0.15) is 44.6 Å². The first-order chi connectivity index (χ1) is 12.4. The van der Waals surface area contributed by atoms with Crippen LogP contribution in [0.4, 0.5) is 0 Å². The molecule has 2 fully saturated rings. The van der Waals surface area contributed by atoms with E-state index in [-0.39, 0.29) is 19.1 Å². The van der Waals surface area contributed by atoms with E-state index in [1.165, 1.54) is 0 Å². The van der Waals surface area contributed by atoms with E-state index in [0.717, 1.165) is 11.3 Å². The van der Waals surface area contributed by atoms with Gasteiger partial charge >= 0.3 is 0 Å². The molecule has 0 bridgehead atoms. The predicted octanol–water partition coefficient (Wildman–Crippen LogP) is 1.69. The fourth-order valence-corrected chi connectivity index (χ4v) is 4.04. The number of hydrogen-bond acceptors (Lipinski definition) is 5. The van der Waals surface area contributed by atoms with Gasteiger partial charge in [0.25, 0.3) is 5.91 Å². The maximum atomic E-state index is 12.9. The van der Waals surface area contributed by atoms with Crippen LogP contribution in [-0.4, -0.2) is 65.1 Å². The summed E-state index contributed by atoms with van der Waals surface area (Å²) < 4.78 is 11.3. The lowest BCUT2D eigenvalue weighted by molar-refractivity contribution is -0.164. The Kier molecular flexibility index (Phi) is 5.85. The summed E-state index contributed by atoms with van der Waals surface area (Å²) in [7, 11) is 0. The molecule has 0 radical (unpaired) electrons. The minimum Gasteiger partial charge on any atom is -0.483 e. The normalized spacial score (nSPS) is 25.5. The molecule has 2 saturated heterocycles. The largest absolute Gasteiger partial charge is 0.483 e. The molecule has 0 aromatic heterocycles. The number of rotatable bonds is 4. The van der Waals surface area contributed by atoms with Crippen molar-refractivity contribution in [3.05, 3.63) is 29.8 Å². The minimum atomic E-state index is -0.921. The van der Waals surface area contributed by atoms with Crippen molar-refractivity contribution in [3.8, 4) is 5.75 Å². The van der Waals surface area contributed by atoms with E-state index < -0.39 is 17.7 Å². The van der Waals surface area contributed by atoms with Crippen molar-refractivity contribution in [2.75, 3.05) is 26.4 Å². The molecule has 1 aromatic carbocycles. The van der Waals surface area contributed by atoms with Crippen LogP contribution in [0.2, 0.25) is 0 Å². The number of nitrogens with zero attached hydrogens (tertiary/aromatic N) is 1. The molecule has 0 aliphatic carbocycles. The third-order valence-corrected chi connectivity index (χ3v) is 5.59. The Balaban J connectivity index is 1.73. The second kappa shape index (κ2) is 7.94. The number of para-hydroxylation sites is 1. The number of aliphatic hydroxyl groups is 2. The van der Waals surface area contributed by atoms with E-state index in [9.17, 15) is 15.0 Å². The van der Waals surface area contributed by atoms with Gasteiger partial charge in [-0.05, 0) is 36.8 Å². The molecule has 2 aliphatic heterocycles. The van der Waals surface area contributed by atoms with Gasteiger partial charge in [-0.3, -0.25) is 4.79 Å². The van der Waals surface area contributed by atoms with Crippen molar-refractivity contribution < 1.29 is 24.5 Å². The third-order valence-electron chi connectivity index (χ3n) is 5.59. The Morgan fingerprint density at radius 1 is 1.27 bits per heavy atom. The summed E-state index contributed by atoms with van der Waals surface area (Å²) in [5.74, 6) is 0.862. The van der Waals surface area contributed by atoms with Gasteiger partial charge in [0, 0.05) is 19.8 Å². The quantitative estimate of drug-likeness (QED) is 0.851. The number of ether oxygens (including phenoxy) is 2. The van der Waals surface area contributed by atoms with Gasteiger partial charge in [-0.15, -0.1) is 0 Å². The Bertz CT molecular complexity index is 626. The second-order valence-corrected chi connectivity index (χ2v) is 7.66. The van der Waals surface area contributed by atoms with Crippen LogP contribution < -0.4 is 4.74 Å². The summed E-state index contributed by atoms with van der Waals surface area (Å²) in [5.41, 5.74) is 0.615. The van der Waals surface area contributed by atoms with Crippen LogP contribution in [0.5, 0.6) is 5.75 Å². The van der Waals surface area contributed by atoms with Gasteiger partial charge in [-0.2, -0.15) is 0 Å². The lowest BCUT2D eigenvalue weighted by Gasteiger charge is -2.52. The molecule has 2 atom stereocenters. The molecule has 2 aliphatic rings. The number of likely N-dealkylation sites (tertiary alicyclic amines) is 1. The fourth-order valence-electron chi connectivity index (χ4n) is 4.04. The summed E-state index contributed by atoms with van der Waals surface area (Å²) in [4.78, 5) is 14.7. The van der Waals surface area contributed by atoms with E-state index in [0.29, 0.717) is 38.4 Å². The number of amides is 1. The Morgan fingerprint density at radius 2 is 1.96 bits per heavy atom. The zero-order valence-corrected chi connectivity index (χ0v) is 15.6. The van der Waals surface area contributed by atoms with E-state index in [1.54, 1.807) is 4.90 Å². The topological polar surface area (TPSA) is 79.2 Å². The van der Waals surface area contributed by atoms with Crippen molar-refractivity contribution >= 4 is 5.91 Å². The monoisotopic (exact) mass is 363 g/mol. The molecule has 1 amide bonds. The second-order valence-electron chi connectivity index (χ2n) is 7.66. The average molecular weight is 363 g/mol. The Morgan fingerprint density at radius 3 is 2.65 bits per heavy atom. The van der Waals surface area contributed by atoms with Crippen LogP contribution in [0.3, 0.4) is 0 Å². The molecule has 6 nitrogen and oxygen atoms in total. The van der Waals surface area contributed by atoms with E-state index >= 15 is 0 Å². The molecular formula is C20H29NO5. The average Bonchev–Trinajstić information content (AvgIpc) is 2.63. The fraction of sp³-hybridized carbons (Fsp3) is 0.650. The molecule has 26 heavy (non-hydrogen) atoms. The van der Waals surface area contributed by atoms with Crippen LogP contribution in [0.15, 0.2) is 24.3 Å². The maximum absolute atomic E-state index is 12.9. The van der Waals surface area contributed by atoms with Crippen molar-refractivity contribution in [2.45, 2.75) is 56.8 Å². The molecule has 0 saturated carbocycles. The van der Waals surface area contributed by atoms with Crippen molar-refractivity contribution in [1.29, 1.82) is 0 Å². The standard InChI is InChI=1S/C20H29NO5/c1-14(2)15-5-3-4-6-18(15)26-13-19(24)21-12-17(23)16(22)11-20(21)7-9-25-10-8-20/h3-6,14,16-17,22-23H,7-13H2,1-2H3/t16-,17+/m0/s1. The summed E-state index contributed by atoms with van der Waals surface area (Å²) in [6.45, 7) is 5.35. The molecule has 144 valence electrons. The molecular weight excluding hydrogens is 334 g/mol. The molecule has 6 heteroatoms. The third kappa shape index (κ3) is 3.87. The highest BCUT2D eigenvalue weighted by atomic mass is 16.5. The van der Waals surface area contributed by atoms with Crippen molar-refractivity contribution in [1.82, 2.24) is 4.90 Å². The lowest BCUT2D eigenvalue weighted by Crippen LogP contribution is -2.64. The Hall–Kier alpha value is -1.63. The number of hydrogen-bond donors (Lipinski definition) is 2. The van der Waals surface area contributed by atoms with Crippen LogP contribution in [0, 0.1) is 0 Å². The number of piperidine rings is 1. The van der Waals surface area contributed by atoms with Crippen molar-refractivity contribution in [2.24, 2.45) is 0 Å².